The van der Waals surface area contributed by atoms with E-state index in [0.717, 1.165) is 37.1 Å². The molecule has 106 valence electrons. The summed E-state index contributed by atoms with van der Waals surface area (Å²) >= 11 is 0. The highest BCUT2D eigenvalue weighted by molar-refractivity contribution is 5.29. The summed E-state index contributed by atoms with van der Waals surface area (Å²) in [6.45, 7) is 1.39. The van der Waals surface area contributed by atoms with Crippen molar-refractivity contribution in [3.63, 3.8) is 0 Å². The van der Waals surface area contributed by atoms with Crippen molar-refractivity contribution in [2.45, 2.75) is 31.5 Å². The summed E-state index contributed by atoms with van der Waals surface area (Å²) in [5.41, 5.74) is 0.860. The van der Waals surface area contributed by atoms with E-state index in [9.17, 15) is 10.2 Å². The second-order valence-electron chi connectivity index (χ2n) is 5.28. The Hall–Kier alpha value is -1.10. The zero-order valence-corrected chi connectivity index (χ0v) is 11.4. The molecule has 1 aromatic carbocycles. The topological polar surface area (TPSA) is 61.7 Å². The Kier molecular flexibility index (Phi) is 5.19. The molecule has 3 N–H and O–H groups in total. The number of hydrogen-bond acceptors (Lipinski definition) is 4. The minimum Gasteiger partial charge on any atom is -0.497 e. The van der Waals surface area contributed by atoms with E-state index in [1.54, 1.807) is 7.11 Å². The van der Waals surface area contributed by atoms with E-state index in [1.165, 1.54) is 0 Å². The van der Waals surface area contributed by atoms with E-state index < -0.39 is 6.10 Å². The van der Waals surface area contributed by atoms with Crippen molar-refractivity contribution < 1.29 is 14.9 Å². The number of hydrogen-bond donors (Lipinski definition) is 3. The smallest absolute Gasteiger partial charge is 0.119 e. The number of ether oxygens (including phenoxy) is 1. The Labute approximate surface area is 114 Å². The number of aliphatic hydroxyl groups is 2. The third-order valence-electron chi connectivity index (χ3n) is 3.76. The van der Waals surface area contributed by atoms with Gasteiger partial charge in [-0.25, -0.2) is 0 Å². The van der Waals surface area contributed by atoms with E-state index in [2.05, 4.69) is 5.32 Å². The lowest BCUT2D eigenvalue weighted by atomic mass is 10.1. The van der Waals surface area contributed by atoms with Crippen molar-refractivity contribution in [3.05, 3.63) is 29.8 Å². The average Bonchev–Trinajstić information content (AvgIpc) is 2.84. The third kappa shape index (κ3) is 4.20. The van der Waals surface area contributed by atoms with Gasteiger partial charge in [-0.15, -0.1) is 0 Å². The van der Waals surface area contributed by atoms with E-state index in [0.29, 0.717) is 12.5 Å². The van der Waals surface area contributed by atoms with Gasteiger partial charge in [-0.3, -0.25) is 0 Å². The molecule has 0 radical (unpaired) electrons. The van der Waals surface area contributed by atoms with Crippen LogP contribution in [0.1, 0.15) is 30.9 Å². The summed E-state index contributed by atoms with van der Waals surface area (Å²) in [4.78, 5) is 0. The summed E-state index contributed by atoms with van der Waals surface area (Å²) in [6, 6.07) is 7.49. The molecule has 1 aromatic rings. The Morgan fingerprint density at radius 2 is 2.26 bits per heavy atom. The first-order chi connectivity index (χ1) is 9.19. The molecule has 1 fully saturated rings. The molecular weight excluding hydrogens is 242 g/mol. The summed E-state index contributed by atoms with van der Waals surface area (Å²) in [5.74, 6) is 1.29. The van der Waals surface area contributed by atoms with Crippen LogP contribution >= 0.6 is 0 Å². The first kappa shape index (κ1) is 14.3. The summed E-state index contributed by atoms with van der Waals surface area (Å²) in [6.07, 6.45) is 2.20. The number of aliphatic hydroxyl groups excluding tert-OH is 2. The van der Waals surface area contributed by atoms with Gasteiger partial charge < -0.3 is 20.3 Å². The number of rotatable bonds is 6. The lowest BCUT2D eigenvalue weighted by Gasteiger charge is -2.15. The quantitative estimate of drug-likeness (QED) is 0.729. The van der Waals surface area contributed by atoms with Gasteiger partial charge in [0.15, 0.2) is 0 Å². The molecule has 1 aliphatic rings. The van der Waals surface area contributed by atoms with Gasteiger partial charge in [-0.2, -0.15) is 0 Å². The largest absolute Gasteiger partial charge is 0.497 e. The third-order valence-corrected chi connectivity index (χ3v) is 3.76. The van der Waals surface area contributed by atoms with Crippen LogP contribution in [-0.4, -0.2) is 36.5 Å². The van der Waals surface area contributed by atoms with Gasteiger partial charge in [0.2, 0.25) is 0 Å². The molecule has 3 atom stereocenters. The van der Waals surface area contributed by atoms with E-state index >= 15 is 0 Å². The predicted molar refractivity (Wildman–Crippen MR) is 74.2 cm³/mol. The Bertz CT molecular complexity index is 397. The van der Waals surface area contributed by atoms with Gasteiger partial charge >= 0.3 is 0 Å². The molecule has 0 spiro atoms. The van der Waals surface area contributed by atoms with Gasteiger partial charge in [0.25, 0.3) is 0 Å². The van der Waals surface area contributed by atoms with E-state index in [-0.39, 0.29) is 6.10 Å². The number of nitrogens with one attached hydrogen (secondary N) is 1. The highest BCUT2D eigenvalue weighted by Gasteiger charge is 2.22. The van der Waals surface area contributed by atoms with Crippen LogP contribution in [0.5, 0.6) is 5.75 Å². The van der Waals surface area contributed by atoms with Gasteiger partial charge in [-0.1, -0.05) is 12.1 Å². The van der Waals surface area contributed by atoms with Gasteiger partial charge in [0, 0.05) is 6.54 Å². The Morgan fingerprint density at radius 1 is 1.42 bits per heavy atom. The number of benzene rings is 1. The highest BCUT2D eigenvalue weighted by atomic mass is 16.5. The van der Waals surface area contributed by atoms with Crippen LogP contribution in [0.2, 0.25) is 0 Å². The molecule has 0 bridgehead atoms. The van der Waals surface area contributed by atoms with Crippen molar-refractivity contribution in [2.24, 2.45) is 5.92 Å². The van der Waals surface area contributed by atoms with Crippen molar-refractivity contribution in [1.29, 1.82) is 0 Å². The standard InChI is InChI=1S/C15H23NO3/c1-19-14-4-2-3-12(8-14)15(18)10-16-9-11-5-6-13(17)7-11/h2-4,8,11,13,15-18H,5-7,9-10H2,1H3. The monoisotopic (exact) mass is 265 g/mol. The second kappa shape index (κ2) is 6.89. The fraction of sp³-hybridized carbons (Fsp3) is 0.600. The van der Waals surface area contributed by atoms with Gasteiger partial charge in [0.1, 0.15) is 5.75 Å². The van der Waals surface area contributed by atoms with Crippen LogP contribution in [0, 0.1) is 5.92 Å². The fourth-order valence-electron chi connectivity index (χ4n) is 2.62. The Morgan fingerprint density at radius 3 is 2.95 bits per heavy atom. The summed E-state index contributed by atoms with van der Waals surface area (Å²) < 4.78 is 5.14. The SMILES string of the molecule is COc1cccc(C(O)CNCC2CCC(O)C2)c1. The molecule has 19 heavy (non-hydrogen) atoms. The van der Waals surface area contributed by atoms with Crippen molar-refractivity contribution in [3.8, 4) is 5.75 Å². The first-order valence-electron chi connectivity index (χ1n) is 6.90. The van der Waals surface area contributed by atoms with Crippen LogP contribution < -0.4 is 10.1 Å². The maximum atomic E-state index is 10.1. The molecule has 4 heteroatoms. The van der Waals surface area contributed by atoms with Crippen LogP contribution in [0.4, 0.5) is 0 Å². The molecule has 2 rings (SSSR count). The molecule has 0 heterocycles. The molecule has 4 nitrogen and oxygen atoms in total. The maximum Gasteiger partial charge on any atom is 0.119 e. The fourth-order valence-corrected chi connectivity index (χ4v) is 2.62. The predicted octanol–water partition coefficient (Wildman–Crippen LogP) is 1.48. The van der Waals surface area contributed by atoms with E-state index in [4.69, 9.17) is 4.74 Å². The minimum atomic E-state index is -0.526. The first-order valence-corrected chi connectivity index (χ1v) is 6.90. The summed E-state index contributed by atoms with van der Waals surface area (Å²) in [5, 5.41) is 22.8. The summed E-state index contributed by atoms with van der Waals surface area (Å²) in [7, 11) is 1.62. The van der Waals surface area contributed by atoms with Crippen LogP contribution in [0.3, 0.4) is 0 Å². The van der Waals surface area contributed by atoms with Crippen molar-refractivity contribution >= 4 is 0 Å². The molecular formula is C15H23NO3. The number of methoxy groups -OCH3 is 1. The zero-order chi connectivity index (χ0) is 13.7. The molecule has 3 unspecified atom stereocenters. The maximum absolute atomic E-state index is 10.1. The molecule has 0 aliphatic heterocycles. The van der Waals surface area contributed by atoms with Crippen molar-refractivity contribution in [2.75, 3.05) is 20.2 Å². The van der Waals surface area contributed by atoms with Gasteiger partial charge in [-0.05, 0) is 49.4 Å². The highest BCUT2D eigenvalue weighted by Crippen LogP contribution is 2.24. The normalized spacial score (nSPS) is 24.4. The lowest BCUT2D eigenvalue weighted by molar-refractivity contribution is 0.167. The average molecular weight is 265 g/mol. The second-order valence-corrected chi connectivity index (χ2v) is 5.28. The minimum absolute atomic E-state index is 0.130. The zero-order valence-electron chi connectivity index (χ0n) is 11.4. The lowest BCUT2D eigenvalue weighted by Crippen LogP contribution is -2.26. The molecule has 1 saturated carbocycles. The van der Waals surface area contributed by atoms with Crippen LogP contribution in [-0.2, 0) is 0 Å². The molecule has 0 aromatic heterocycles. The molecule has 1 aliphatic carbocycles. The van der Waals surface area contributed by atoms with Crippen LogP contribution in [0.15, 0.2) is 24.3 Å². The van der Waals surface area contributed by atoms with Gasteiger partial charge in [0.05, 0.1) is 19.3 Å². The van der Waals surface area contributed by atoms with Crippen molar-refractivity contribution in [1.82, 2.24) is 5.32 Å². The molecule has 0 amide bonds. The van der Waals surface area contributed by atoms with E-state index in [1.807, 2.05) is 24.3 Å². The Balaban J connectivity index is 1.75. The molecule has 0 saturated heterocycles. The van der Waals surface area contributed by atoms with Crippen LogP contribution in [0.25, 0.3) is 0 Å².